The van der Waals surface area contributed by atoms with Crippen LogP contribution in [0.4, 0.5) is 5.13 Å². The average Bonchev–Trinajstić information content (AvgIpc) is 3.53. The number of aromatic nitrogens is 2. The van der Waals surface area contributed by atoms with Gasteiger partial charge in [-0.05, 0) is 59.5 Å². The highest BCUT2D eigenvalue weighted by Gasteiger charge is 2.54. The molecule has 2 aliphatic heterocycles. The second-order valence-electron chi connectivity index (χ2n) is 10.1. The molecule has 3 N–H and O–H groups in total. The highest BCUT2D eigenvalue weighted by molar-refractivity contribution is 8.00. The lowest BCUT2D eigenvalue weighted by atomic mass is 9.98. The molecule has 4 rings (SSSR count). The first-order valence-corrected chi connectivity index (χ1v) is 13.9. The van der Waals surface area contributed by atoms with E-state index in [0.29, 0.717) is 0 Å². The van der Waals surface area contributed by atoms with Gasteiger partial charge in [-0.1, -0.05) is 5.16 Å². The molecule has 2 amide bonds. The zero-order chi connectivity index (χ0) is 27.6. The Kier molecular flexibility index (Phi) is 8.25. The second-order valence-corrected chi connectivity index (χ2v) is 12.4. The number of fused-ring (bicyclic) bond motifs is 1. The number of hydrogen-bond donors (Lipinski definition) is 2. The van der Waals surface area contributed by atoms with E-state index in [1.54, 1.807) is 26.8 Å². The lowest BCUT2D eigenvalue weighted by Gasteiger charge is -2.49. The van der Waals surface area contributed by atoms with Crippen LogP contribution in [0.2, 0.25) is 0 Å². The van der Waals surface area contributed by atoms with Crippen LogP contribution in [0, 0.1) is 5.41 Å². The van der Waals surface area contributed by atoms with Crippen LogP contribution in [-0.2, 0) is 33.5 Å². The van der Waals surface area contributed by atoms with Crippen molar-refractivity contribution in [3.8, 4) is 0 Å². The summed E-state index contributed by atoms with van der Waals surface area (Å²) in [5.74, 6) is -2.53. The van der Waals surface area contributed by atoms with Crippen LogP contribution in [0.3, 0.4) is 0 Å². The predicted octanol–water partition coefficient (Wildman–Crippen LogP) is 1.55. The van der Waals surface area contributed by atoms with Crippen LogP contribution in [-0.4, -0.2) is 73.3 Å². The van der Waals surface area contributed by atoms with E-state index in [0.717, 1.165) is 37.2 Å². The quantitative estimate of drug-likeness (QED) is 0.153. The van der Waals surface area contributed by atoms with Gasteiger partial charge >= 0.3 is 11.9 Å². The zero-order valence-corrected chi connectivity index (χ0v) is 23.1. The van der Waals surface area contributed by atoms with Crippen LogP contribution in [0.5, 0.6) is 0 Å². The summed E-state index contributed by atoms with van der Waals surface area (Å²) in [5.41, 5.74) is 4.78. The minimum atomic E-state index is -0.933. The van der Waals surface area contributed by atoms with E-state index in [4.69, 9.17) is 20.0 Å². The number of nitrogens with one attached hydrogen (secondary N) is 1. The molecule has 3 unspecified atom stereocenters. The lowest BCUT2D eigenvalue weighted by molar-refractivity contribution is -0.173. The number of nitrogens with zero attached hydrogens (tertiary/aromatic N) is 4. The van der Waals surface area contributed by atoms with Crippen molar-refractivity contribution in [3.63, 3.8) is 0 Å². The van der Waals surface area contributed by atoms with Gasteiger partial charge in [-0.25, -0.2) is 4.79 Å². The van der Waals surface area contributed by atoms with Crippen molar-refractivity contribution >= 4 is 57.9 Å². The van der Waals surface area contributed by atoms with Gasteiger partial charge in [0.2, 0.25) is 18.3 Å². The fourth-order valence-electron chi connectivity index (χ4n) is 3.99. The van der Waals surface area contributed by atoms with Gasteiger partial charge < -0.3 is 25.4 Å². The number of ether oxygens (including phenoxy) is 2. The number of rotatable bonds is 8. The van der Waals surface area contributed by atoms with Gasteiger partial charge in [0.15, 0.2) is 5.13 Å². The van der Waals surface area contributed by atoms with E-state index in [9.17, 15) is 19.2 Å². The lowest BCUT2D eigenvalue weighted by Crippen LogP contribution is -2.71. The van der Waals surface area contributed by atoms with Crippen molar-refractivity contribution in [2.24, 2.45) is 10.6 Å². The predicted molar refractivity (Wildman–Crippen MR) is 138 cm³/mol. The van der Waals surface area contributed by atoms with Gasteiger partial charge in [-0.2, -0.15) is 9.36 Å². The van der Waals surface area contributed by atoms with Crippen molar-refractivity contribution in [1.29, 1.82) is 0 Å². The third-order valence-corrected chi connectivity index (χ3v) is 7.87. The fraction of sp³-hybridized carbons (Fsp3) is 0.609. The van der Waals surface area contributed by atoms with Gasteiger partial charge in [0.05, 0.1) is 5.41 Å². The number of hydrogen-bond acceptors (Lipinski definition) is 13. The molecule has 1 saturated carbocycles. The van der Waals surface area contributed by atoms with Crippen LogP contribution in [0.1, 0.15) is 59.2 Å². The van der Waals surface area contributed by atoms with Crippen molar-refractivity contribution in [1.82, 2.24) is 19.6 Å². The Morgan fingerprint density at radius 1 is 1.24 bits per heavy atom. The van der Waals surface area contributed by atoms with E-state index in [1.807, 2.05) is 6.92 Å². The van der Waals surface area contributed by atoms with Crippen molar-refractivity contribution in [2.75, 3.05) is 12.5 Å². The number of thioether (sulfide) groups is 1. The minimum Gasteiger partial charge on any atom is -0.427 e. The molecule has 15 heteroatoms. The summed E-state index contributed by atoms with van der Waals surface area (Å²) < 4.78 is 14.1. The number of amides is 2. The fourth-order valence-corrected chi connectivity index (χ4v) is 5.76. The Balaban J connectivity index is 1.42. The Labute approximate surface area is 227 Å². The van der Waals surface area contributed by atoms with E-state index in [1.165, 1.54) is 16.7 Å². The van der Waals surface area contributed by atoms with E-state index in [2.05, 4.69) is 19.8 Å². The molecule has 0 spiro atoms. The molecule has 1 aromatic rings. The van der Waals surface area contributed by atoms with Crippen LogP contribution >= 0.6 is 23.3 Å². The maximum atomic E-state index is 13.2. The molecule has 3 atom stereocenters. The molecule has 1 saturated heterocycles. The summed E-state index contributed by atoms with van der Waals surface area (Å²) >= 11 is 2.30. The molecule has 0 radical (unpaired) electrons. The van der Waals surface area contributed by atoms with Crippen molar-refractivity contribution in [3.05, 3.63) is 17.6 Å². The maximum absolute atomic E-state index is 13.2. The first-order valence-electron chi connectivity index (χ1n) is 12.1. The maximum Gasteiger partial charge on any atom is 0.357 e. The zero-order valence-electron chi connectivity index (χ0n) is 21.5. The van der Waals surface area contributed by atoms with Crippen LogP contribution in [0.15, 0.2) is 16.9 Å². The number of carbonyl (C=O) groups is 4. The third-order valence-electron chi connectivity index (χ3n) is 6.00. The molecule has 13 nitrogen and oxygen atoms in total. The number of esters is 2. The van der Waals surface area contributed by atoms with Gasteiger partial charge in [0.1, 0.15) is 23.2 Å². The highest BCUT2D eigenvalue weighted by atomic mass is 32.2. The molecular formula is C23H30N6O7S2. The molecule has 206 valence electrons. The molecule has 0 aromatic carbocycles. The van der Waals surface area contributed by atoms with Crippen molar-refractivity contribution < 1.29 is 33.5 Å². The largest absolute Gasteiger partial charge is 0.427 e. The standard InChI is InChI=1S/C23H30N6O7S2/c1-11-9-13(20(32)34-10-35-21(33)23(2,3)4)29-18(31)15(19(29)37-11)25-17(30)14(16-26-22(24)38-28-16)27-36-12-7-5-6-8-12/h9,11-12,15,19H,5-8,10H2,1-4H3,(H,25,30)(H2,24,26,28)/b27-14+. The molecule has 38 heavy (non-hydrogen) atoms. The third kappa shape index (κ3) is 6.09. The second kappa shape index (κ2) is 11.3. The number of nitrogen functional groups attached to an aromatic ring is 1. The van der Waals surface area contributed by atoms with E-state index >= 15 is 0 Å². The summed E-state index contributed by atoms with van der Waals surface area (Å²) in [4.78, 5) is 61.7. The van der Waals surface area contributed by atoms with E-state index in [-0.39, 0.29) is 33.7 Å². The minimum absolute atomic E-state index is 0.00487. The summed E-state index contributed by atoms with van der Waals surface area (Å²) in [5, 5.41) is 6.14. The Morgan fingerprint density at radius 3 is 2.58 bits per heavy atom. The van der Waals surface area contributed by atoms with Crippen LogP contribution < -0.4 is 11.1 Å². The number of oxime groups is 1. The first-order chi connectivity index (χ1) is 18.0. The van der Waals surface area contributed by atoms with Gasteiger partial charge in [0, 0.05) is 16.8 Å². The number of nitrogens with two attached hydrogens (primary N) is 1. The Hall–Kier alpha value is -3.20. The first kappa shape index (κ1) is 27.8. The monoisotopic (exact) mass is 566 g/mol. The number of anilines is 1. The summed E-state index contributed by atoms with van der Waals surface area (Å²) in [6.45, 7) is 6.29. The van der Waals surface area contributed by atoms with E-state index < -0.39 is 47.4 Å². The Bertz CT molecular complexity index is 1170. The smallest absolute Gasteiger partial charge is 0.357 e. The van der Waals surface area contributed by atoms with Crippen molar-refractivity contribution in [2.45, 2.75) is 76.1 Å². The summed E-state index contributed by atoms with van der Waals surface area (Å²) in [6, 6.07) is -0.933. The molecule has 1 aliphatic carbocycles. The Morgan fingerprint density at radius 2 is 1.95 bits per heavy atom. The van der Waals surface area contributed by atoms with Gasteiger partial charge in [-0.15, -0.1) is 11.8 Å². The number of β-lactam (4-membered cyclic amide) rings is 1. The molecule has 2 fully saturated rings. The molecule has 1 aromatic heterocycles. The molecule has 0 bridgehead atoms. The average molecular weight is 567 g/mol. The molecule has 3 heterocycles. The topological polar surface area (TPSA) is 175 Å². The molecular weight excluding hydrogens is 536 g/mol. The summed E-state index contributed by atoms with van der Waals surface area (Å²) in [6.07, 6.45) is 5.19. The van der Waals surface area contributed by atoms with Crippen LogP contribution in [0.25, 0.3) is 0 Å². The summed E-state index contributed by atoms with van der Waals surface area (Å²) in [7, 11) is 0. The highest BCUT2D eigenvalue weighted by Crippen LogP contribution is 2.41. The van der Waals surface area contributed by atoms with Gasteiger partial charge in [-0.3, -0.25) is 19.3 Å². The van der Waals surface area contributed by atoms with Gasteiger partial charge in [0.25, 0.3) is 11.8 Å². The number of carbonyl (C=O) groups excluding carboxylic acids is 4. The molecule has 3 aliphatic rings. The normalized spacial score (nSPS) is 23.7. The SMILES string of the molecule is CC1C=C(C(=O)OCOC(=O)C(C)(C)C)N2C(=O)C(NC(=O)/C(=N/OC3CCCC3)c3nsc(N)n3)C2S1.